The summed E-state index contributed by atoms with van der Waals surface area (Å²) in [5.41, 5.74) is 3.19. The molecule has 28 heavy (non-hydrogen) atoms. The third-order valence-electron chi connectivity index (χ3n) is 4.07. The highest BCUT2D eigenvalue weighted by Gasteiger charge is 2.10. The van der Waals surface area contributed by atoms with Gasteiger partial charge in [-0.2, -0.15) is 0 Å². The van der Waals surface area contributed by atoms with Crippen LogP contribution in [0, 0.1) is 11.8 Å². The van der Waals surface area contributed by atoms with Gasteiger partial charge in [-0.25, -0.2) is 0 Å². The van der Waals surface area contributed by atoms with Gasteiger partial charge in [0.15, 0.2) is 5.16 Å². The Bertz CT molecular complexity index is 969. The van der Waals surface area contributed by atoms with Gasteiger partial charge in [-0.3, -0.25) is 9.36 Å². The van der Waals surface area contributed by atoms with Gasteiger partial charge in [-0.05, 0) is 35.7 Å². The molecule has 0 spiro atoms. The van der Waals surface area contributed by atoms with Gasteiger partial charge in [0.2, 0.25) is 5.91 Å². The van der Waals surface area contributed by atoms with Crippen molar-refractivity contribution in [1.82, 2.24) is 20.1 Å². The third kappa shape index (κ3) is 5.48. The maximum absolute atomic E-state index is 12.1. The van der Waals surface area contributed by atoms with Crippen LogP contribution in [0.15, 0.2) is 66.1 Å². The fourth-order valence-electron chi connectivity index (χ4n) is 2.51. The number of carbonyl (C=O) groups excluding carboxylic acids is 1. The molecule has 0 aliphatic heterocycles. The van der Waals surface area contributed by atoms with Crippen molar-refractivity contribution in [3.63, 3.8) is 0 Å². The van der Waals surface area contributed by atoms with Crippen molar-refractivity contribution in [3.8, 4) is 17.5 Å². The summed E-state index contributed by atoms with van der Waals surface area (Å²) in [7, 11) is 0. The number of nitrogens with one attached hydrogen (secondary N) is 1. The summed E-state index contributed by atoms with van der Waals surface area (Å²) in [5.74, 6) is 6.63. The van der Waals surface area contributed by atoms with Gasteiger partial charge in [0.25, 0.3) is 0 Å². The average Bonchev–Trinajstić information content (AvgIpc) is 3.19. The number of hydrogen-bond donors (Lipinski definition) is 1. The summed E-state index contributed by atoms with van der Waals surface area (Å²) in [5, 5.41) is 11.6. The molecular formula is C22H22N4OS. The van der Waals surface area contributed by atoms with Crippen molar-refractivity contribution in [3.05, 3.63) is 72.1 Å². The minimum atomic E-state index is -0.0860. The molecule has 0 radical (unpaired) electrons. The highest BCUT2D eigenvalue weighted by Crippen LogP contribution is 2.21. The van der Waals surface area contributed by atoms with Gasteiger partial charge in [-0.15, -0.1) is 10.2 Å². The monoisotopic (exact) mass is 390 g/mol. The van der Waals surface area contributed by atoms with E-state index in [1.807, 2.05) is 47.0 Å². The minimum Gasteiger partial charge on any atom is -0.344 e. The second-order valence-electron chi connectivity index (χ2n) is 6.46. The summed E-state index contributed by atoms with van der Waals surface area (Å²) in [6.45, 7) is 4.65. The lowest BCUT2D eigenvalue weighted by atomic mass is 10.0. The second kappa shape index (κ2) is 9.77. The van der Waals surface area contributed by atoms with Crippen LogP contribution in [0.1, 0.15) is 30.9 Å². The lowest BCUT2D eigenvalue weighted by Gasteiger charge is -2.09. The van der Waals surface area contributed by atoms with Crippen molar-refractivity contribution in [2.75, 3.05) is 12.3 Å². The van der Waals surface area contributed by atoms with E-state index in [1.54, 1.807) is 6.33 Å². The minimum absolute atomic E-state index is 0.0860. The Labute approximate surface area is 169 Å². The summed E-state index contributed by atoms with van der Waals surface area (Å²) in [4.78, 5) is 12.1. The standard InChI is InChI=1S/C22H22N4OS/c1-17(2)19-10-12-20(13-11-19)26-16-24-25-22(26)28-15-21(27)23-14-6-9-18-7-4-3-5-8-18/h3-5,7-8,10-13,16-17H,14-15H2,1-2H3,(H,23,27). The summed E-state index contributed by atoms with van der Waals surface area (Å²) in [6, 6.07) is 18.0. The zero-order chi connectivity index (χ0) is 19.8. The van der Waals surface area contributed by atoms with Crippen molar-refractivity contribution in [2.24, 2.45) is 0 Å². The fourth-order valence-corrected chi connectivity index (χ4v) is 3.27. The number of aromatic nitrogens is 3. The largest absolute Gasteiger partial charge is 0.344 e. The number of amides is 1. The number of carbonyl (C=O) groups is 1. The van der Waals surface area contributed by atoms with Crippen molar-refractivity contribution < 1.29 is 4.79 Å². The van der Waals surface area contributed by atoms with Crippen LogP contribution >= 0.6 is 11.8 Å². The van der Waals surface area contributed by atoms with E-state index in [2.05, 4.69) is 53.3 Å². The zero-order valence-corrected chi connectivity index (χ0v) is 16.7. The van der Waals surface area contributed by atoms with E-state index in [-0.39, 0.29) is 11.7 Å². The maximum Gasteiger partial charge on any atom is 0.231 e. The van der Waals surface area contributed by atoms with Crippen LogP contribution < -0.4 is 5.32 Å². The van der Waals surface area contributed by atoms with Crippen molar-refractivity contribution in [2.45, 2.75) is 24.9 Å². The van der Waals surface area contributed by atoms with E-state index in [0.29, 0.717) is 17.6 Å². The first-order valence-electron chi connectivity index (χ1n) is 9.07. The molecular weight excluding hydrogens is 368 g/mol. The molecule has 142 valence electrons. The summed E-state index contributed by atoms with van der Waals surface area (Å²) >= 11 is 1.35. The number of hydrogen-bond acceptors (Lipinski definition) is 4. The van der Waals surface area contributed by atoms with Crippen LogP contribution in [0.4, 0.5) is 0 Å². The lowest BCUT2D eigenvalue weighted by Crippen LogP contribution is -2.25. The van der Waals surface area contributed by atoms with Gasteiger partial charge in [0.05, 0.1) is 12.3 Å². The van der Waals surface area contributed by atoms with Gasteiger partial charge >= 0.3 is 0 Å². The van der Waals surface area contributed by atoms with E-state index >= 15 is 0 Å². The first-order valence-corrected chi connectivity index (χ1v) is 10.1. The van der Waals surface area contributed by atoms with Crippen LogP contribution in [0.2, 0.25) is 0 Å². The summed E-state index contributed by atoms with van der Waals surface area (Å²) < 4.78 is 1.89. The quantitative estimate of drug-likeness (QED) is 0.516. The molecule has 0 fully saturated rings. The third-order valence-corrected chi connectivity index (χ3v) is 5.01. The molecule has 0 bridgehead atoms. The van der Waals surface area contributed by atoms with Crippen molar-refractivity contribution in [1.29, 1.82) is 0 Å². The van der Waals surface area contributed by atoms with Crippen LogP contribution in [-0.2, 0) is 4.79 Å². The summed E-state index contributed by atoms with van der Waals surface area (Å²) in [6.07, 6.45) is 1.66. The second-order valence-corrected chi connectivity index (χ2v) is 7.41. The number of benzene rings is 2. The molecule has 1 amide bonds. The molecule has 0 saturated carbocycles. The van der Waals surface area contributed by atoms with E-state index in [9.17, 15) is 4.79 Å². The van der Waals surface area contributed by atoms with Crippen LogP contribution in [0.3, 0.4) is 0 Å². The Kier molecular flexibility index (Phi) is 6.88. The molecule has 1 heterocycles. The Morgan fingerprint density at radius 2 is 1.89 bits per heavy atom. The molecule has 5 nitrogen and oxygen atoms in total. The number of thioether (sulfide) groups is 1. The highest BCUT2D eigenvalue weighted by molar-refractivity contribution is 7.99. The maximum atomic E-state index is 12.1. The van der Waals surface area contributed by atoms with E-state index in [1.165, 1.54) is 17.3 Å². The molecule has 3 aromatic rings. The molecule has 0 atom stereocenters. The SMILES string of the molecule is CC(C)c1ccc(-n2cnnc2SCC(=O)NCC#Cc2ccccc2)cc1. The Balaban J connectivity index is 1.52. The van der Waals surface area contributed by atoms with Gasteiger partial charge in [0.1, 0.15) is 6.33 Å². The van der Waals surface area contributed by atoms with Crippen LogP contribution in [0.5, 0.6) is 0 Å². The van der Waals surface area contributed by atoms with Gasteiger partial charge in [-0.1, -0.05) is 67.8 Å². The van der Waals surface area contributed by atoms with Crippen molar-refractivity contribution >= 4 is 17.7 Å². The molecule has 6 heteroatoms. The average molecular weight is 391 g/mol. The van der Waals surface area contributed by atoms with E-state index in [4.69, 9.17) is 0 Å². The Hall–Kier alpha value is -3.04. The molecule has 2 aromatic carbocycles. The topological polar surface area (TPSA) is 59.8 Å². The first-order chi connectivity index (χ1) is 13.6. The van der Waals surface area contributed by atoms with E-state index in [0.717, 1.165) is 11.3 Å². The molecule has 1 N–H and O–H groups in total. The number of nitrogens with zero attached hydrogens (tertiary/aromatic N) is 3. The van der Waals surface area contributed by atoms with Crippen LogP contribution in [-0.4, -0.2) is 33.0 Å². The first kappa shape index (κ1) is 19.7. The van der Waals surface area contributed by atoms with Gasteiger partial charge < -0.3 is 5.32 Å². The predicted molar refractivity (Wildman–Crippen MR) is 113 cm³/mol. The highest BCUT2D eigenvalue weighted by atomic mass is 32.2. The van der Waals surface area contributed by atoms with Gasteiger partial charge in [0, 0.05) is 11.3 Å². The normalized spacial score (nSPS) is 10.4. The molecule has 0 aliphatic carbocycles. The molecule has 0 unspecified atom stereocenters. The molecule has 1 aromatic heterocycles. The fraction of sp³-hybridized carbons (Fsp3) is 0.227. The van der Waals surface area contributed by atoms with Crippen LogP contribution in [0.25, 0.3) is 5.69 Å². The molecule has 3 rings (SSSR count). The smallest absolute Gasteiger partial charge is 0.231 e. The number of rotatable bonds is 6. The lowest BCUT2D eigenvalue weighted by molar-refractivity contribution is -0.118. The Morgan fingerprint density at radius 3 is 2.61 bits per heavy atom. The zero-order valence-electron chi connectivity index (χ0n) is 15.9. The Morgan fingerprint density at radius 1 is 1.14 bits per heavy atom. The molecule has 0 aliphatic rings. The predicted octanol–water partition coefficient (Wildman–Crippen LogP) is 3.65. The molecule has 0 saturated heterocycles. The van der Waals surface area contributed by atoms with E-state index < -0.39 is 0 Å².